The van der Waals surface area contributed by atoms with E-state index in [-0.39, 0.29) is 16.9 Å². The third-order valence-corrected chi connectivity index (χ3v) is 6.59. The zero-order chi connectivity index (χ0) is 23.9. The standard InChI is InChI=1S/C27H26ClN3O3/c1-27(2)13-21-24(23(33)14-27)25(30-20-4-3-5-22(32)26(20)31-21)18-7-6-17(12-19(18)28)34-15-16-8-10-29-11-9-16/h3-12,25,30-32H,13-15H2,1-2H3. The number of allylic oxidation sites excluding steroid dienone is 1. The molecule has 0 fully saturated rings. The molecule has 3 aromatic rings. The quantitative estimate of drug-likeness (QED) is 0.387. The van der Waals surface area contributed by atoms with Gasteiger partial charge in [-0.1, -0.05) is 37.6 Å². The SMILES string of the molecule is CC1(C)CC(=O)C2=C(C1)Nc1c(O)cccc1NC2c1ccc(OCc2ccncc2)cc1Cl. The summed E-state index contributed by atoms with van der Waals surface area (Å²) in [5.74, 6) is 0.831. The third-order valence-electron chi connectivity index (χ3n) is 6.26. The van der Waals surface area contributed by atoms with Crippen molar-refractivity contribution in [3.63, 3.8) is 0 Å². The van der Waals surface area contributed by atoms with Gasteiger partial charge in [-0.25, -0.2) is 0 Å². The number of phenols is 1. The van der Waals surface area contributed by atoms with Crippen molar-refractivity contribution in [3.05, 3.63) is 88.3 Å². The molecular formula is C27H26ClN3O3. The van der Waals surface area contributed by atoms with Crippen molar-refractivity contribution >= 4 is 28.8 Å². The number of carbonyl (C=O) groups excluding carboxylic acids is 1. The van der Waals surface area contributed by atoms with E-state index in [1.54, 1.807) is 30.6 Å². The lowest BCUT2D eigenvalue weighted by atomic mass is 9.73. The van der Waals surface area contributed by atoms with Gasteiger partial charge in [-0.3, -0.25) is 9.78 Å². The number of Topliss-reactive ketones (excluding diaryl/α,β-unsaturated/α-hetero) is 1. The number of nitrogens with zero attached hydrogens (tertiary/aromatic N) is 1. The molecule has 6 nitrogen and oxygen atoms in total. The molecule has 3 N–H and O–H groups in total. The number of ether oxygens (including phenoxy) is 1. The predicted octanol–water partition coefficient (Wildman–Crippen LogP) is 6.24. The van der Waals surface area contributed by atoms with E-state index in [2.05, 4.69) is 29.5 Å². The zero-order valence-corrected chi connectivity index (χ0v) is 19.8. The molecule has 1 unspecified atom stereocenters. The van der Waals surface area contributed by atoms with Gasteiger partial charge in [0.05, 0.1) is 11.7 Å². The molecule has 0 amide bonds. The second-order valence-corrected chi connectivity index (χ2v) is 9.97. The molecule has 0 spiro atoms. The molecule has 2 heterocycles. The van der Waals surface area contributed by atoms with Crippen LogP contribution in [0.2, 0.25) is 5.02 Å². The first-order valence-corrected chi connectivity index (χ1v) is 11.6. The Balaban J connectivity index is 1.52. The van der Waals surface area contributed by atoms with Gasteiger partial charge in [0.2, 0.25) is 0 Å². The summed E-state index contributed by atoms with van der Waals surface area (Å²) >= 11 is 6.76. The van der Waals surface area contributed by atoms with Crippen LogP contribution < -0.4 is 15.4 Å². The van der Waals surface area contributed by atoms with Crippen molar-refractivity contribution in [3.8, 4) is 11.5 Å². The summed E-state index contributed by atoms with van der Waals surface area (Å²) in [6.07, 6.45) is 4.58. The molecule has 0 bridgehead atoms. The van der Waals surface area contributed by atoms with Gasteiger partial charge in [-0.2, -0.15) is 0 Å². The molecular weight excluding hydrogens is 450 g/mol. The number of para-hydroxylation sites is 1. The van der Waals surface area contributed by atoms with E-state index in [0.29, 0.717) is 47.2 Å². The third kappa shape index (κ3) is 4.33. The maximum Gasteiger partial charge on any atom is 0.163 e. The van der Waals surface area contributed by atoms with E-state index in [1.807, 2.05) is 30.3 Å². The van der Waals surface area contributed by atoms with Gasteiger partial charge in [0, 0.05) is 35.1 Å². The number of pyridine rings is 1. The normalized spacial score (nSPS) is 18.8. The summed E-state index contributed by atoms with van der Waals surface area (Å²) in [5.41, 5.74) is 4.34. The van der Waals surface area contributed by atoms with Crippen molar-refractivity contribution in [2.45, 2.75) is 39.3 Å². The number of nitrogens with one attached hydrogen (secondary N) is 2. The zero-order valence-electron chi connectivity index (χ0n) is 19.1. The number of hydrogen-bond acceptors (Lipinski definition) is 6. The first-order chi connectivity index (χ1) is 16.3. The number of ketones is 1. The van der Waals surface area contributed by atoms with Gasteiger partial charge in [0.25, 0.3) is 0 Å². The number of hydrogen-bond donors (Lipinski definition) is 3. The average Bonchev–Trinajstić information content (AvgIpc) is 2.95. The van der Waals surface area contributed by atoms with Crippen LogP contribution in [0.5, 0.6) is 11.5 Å². The van der Waals surface area contributed by atoms with Gasteiger partial charge < -0.3 is 20.5 Å². The van der Waals surface area contributed by atoms with Crippen LogP contribution in [0, 0.1) is 5.41 Å². The summed E-state index contributed by atoms with van der Waals surface area (Å²) < 4.78 is 5.91. The minimum Gasteiger partial charge on any atom is -0.506 e. The number of aromatic nitrogens is 1. The Morgan fingerprint density at radius 3 is 2.71 bits per heavy atom. The van der Waals surface area contributed by atoms with Crippen molar-refractivity contribution in [1.29, 1.82) is 0 Å². The molecule has 1 aliphatic heterocycles. The molecule has 1 aliphatic carbocycles. The van der Waals surface area contributed by atoms with Crippen molar-refractivity contribution < 1.29 is 14.6 Å². The Hall–Kier alpha value is -3.51. The second kappa shape index (κ2) is 8.69. The van der Waals surface area contributed by atoms with Gasteiger partial charge in [0.1, 0.15) is 23.8 Å². The molecule has 0 saturated heterocycles. The molecule has 7 heteroatoms. The van der Waals surface area contributed by atoms with E-state index in [1.165, 1.54) is 0 Å². The average molecular weight is 476 g/mol. The lowest BCUT2D eigenvalue weighted by Crippen LogP contribution is -2.31. The first kappa shape index (κ1) is 22.3. The van der Waals surface area contributed by atoms with Gasteiger partial charge >= 0.3 is 0 Å². The van der Waals surface area contributed by atoms with Crippen LogP contribution in [0.3, 0.4) is 0 Å². The highest BCUT2D eigenvalue weighted by atomic mass is 35.5. The topological polar surface area (TPSA) is 83.5 Å². The molecule has 1 aromatic heterocycles. The fourth-order valence-corrected chi connectivity index (χ4v) is 4.94. The fourth-order valence-electron chi connectivity index (χ4n) is 4.66. The van der Waals surface area contributed by atoms with Crippen LogP contribution in [0.15, 0.2) is 72.2 Å². The van der Waals surface area contributed by atoms with Crippen LogP contribution in [-0.4, -0.2) is 15.9 Å². The molecule has 0 radical (unpaired) electrons. The molecule has 34 heavy (non-hydrogen) atoms. The minimum atomic E-state index is -0.462. The number of carbonyl (C=O) groups is 1. The number of rotatable bonds is 4. The highest BCUT2D eigenvalue weighted by Crippen LogP contribution is 2.48. The van der Waals surface area contributed by atoms with E-state index < -0.39 is 6.04 Å². The van der Waals surface area contributed by atoms with Crippen molar-refractivity contribution in [1.82, 2.24) is 4.98 Å². The molecule has 5 rings (SSSR count). The summed E-state index contributed by atoms with van der Waals surface area (Å²) in [6, 6.07) is 14.2. The van der Waals surface area contributed by atoms with Gasteiger partial charge in [-0.15, -0.1) is 0 Å². The smallest absolute Gasteiger partial charge is 0.163 e. The Bertz CT molecular complexity index is 1290. The van der Waals surface area contributed by atoms with Crippen molar-refractivity contribution in [2.24, 2.45) is 5.41 Å². The number of fused-ring (bicyclic) bond motifs is 1. The Morgan fingerprint density at radius 1 is 1.15 bits per heavy atom. The Kier molecular flexibility index (Phi) is 5.70. The summed E-state index contributed by atoms with van der Waals surface area (Å²) in [5, 5.41) is 17.8. The van der Waals surface area contributed by atoms with E-state index >= 15 is 0 Å². The van der Waals surface area contributed by atoms with E-state index in [9.17, 15) is 9.90 Å². The summed E-state index contributed by atoms with van der Waals surface area (Å²) in [4.78, 5) is 17.4. The van der Waals surface area contributed by atoms with Gasteiger partial charge in [0.15, 0.2) is 5.78 Å². The lowest BCUT2D eigenvalue weighted by Gasteiger charge is -2.34. The maximum atomic E-state index is 13.4. The number of phenolic OH excluding ortho intramolecular Hbond substituents is 1. The molecule has 2 aromatic carbocycles. The number of anilines is 2. The van der Waals surface area contributed by atoms with Crippen molar-refractivity contribution in [2.75, 3.05) is 10.6 Å². The predicted molar refractivity (Wildman–Crippen MR) is 133 cm³/mol. The van der Waals surface area contributed by atoms with Crippen LogP contribution in [-0.2, 0) is 11.4 Å². The summed E-state index contributed by atoms with van der Waals surface area (Å²) in [7, 11) is 0. The van der Waals surface area contributed by atoms with Crippen LogP contribution in [0.4, 0.5) is 11.4 Å². The van der Waals surface area contributed by atoms with Crippen LogP contribution >= 0.6 is 11.6 Å². The lowest BCUT2D eigenvalue weighted by molar-refractivity contribution is -0.118. The fraction of sp³-hybridized carbons (Fsp3) is 0.259. The second-order valence-electron chi connectivity index (χ2n) is 9.56. The van der Waals surface area contributed by atoms with Crippen LogP contribution in [0.1, 0.15) is 43.9 Å². The first-order valence-electron chi connectivity index (χ1n) is 11.2. The maximum absolute atomic E-state index is 13.4. The largest absolute Gasteiger partial charge is 0.506 e. The van der Waals surface area contributed by atoms with Gasteiger partial charge in [-0.05, 0) is 59.4 Å². The molecule has 2 aliphatic rings. The number of aromatic hydroxyl groups is 1. The molecule has 0 saturated carbocycles. The Morgan fingerprint density at radius 2 is 1.94 bits per heavy atom. The highest BCUT2D eigenvalue weighted by molar-refractivity contribution is 6.31. The van der Waals surface area contributed by atoms with E-state index in [4.69, 9.17) is 16.3 Å². The number of benzene rings is 2. The summed E-state index contributed by atoms with van der Waals surface area (Å²) in [6.45, 7) is 4.56. The molecule has 1 atom stereocenters. The number of halogens is 1. The monoisotopic (exact) mass is 475 g/mol. The minimum absolute atomic E-state index is 0.0672. The molecule has 174 valence electrons. The van der Waals surface area contributed by atoms with E-state index in [0.717, 1.165) is 16.8 Å². The highest BCUT2D eigenvalue weighted by Gasteiger charge is 2.39. The Labute approximate surface area is 203 Å². The van der Waals surface area contributed by atoms with Crippen LogP contribution in [0.25, 0.3) is 0 Å².